The van der Waals surface area contributed by atoms with Crippen LogP contribution in [0.1, 0.15) is 38.3 Å². The maximum absolute atomic E-state index is 6.14. The normalized spacial score (nSPS) is 17.3. The van der Waals surface area contributed by atoms with Crippen LogP contribution in [-0.4, -0.2) is 38.4 Å². The summed E-state index contributed by atoms with van der Waals surface area (Å²) in [5.74, 6) is 2.35. The topological polar surface area (TPSA) is 54.9 Å². The van der Waals surface area contributed by atoms with Gasteiger partial charge in [0.25, 0.3) is 0 Å². The molecule has 0 saturated carbocycles. The standard InChI is InChI=1S/C19H31N3O2.HI/c1-5-20-19(21-11-14(2)3)22-12-16-7-6-15(4)10-18(16)24-17-8-9-23-13-17;/h6-7,10,14,17H,5,8-9,11-13H2,1-4H3,(H2,20,21,22);1H. The number of hydrogen-bond donors (Lipinski definition) is 2. The zero-order valence-corrected chi connectivity index (χ0v) is 18.1. The van der Waals surface area contributed by atoms with Gasteiger partial charge in [0.05, 0.1) is 19.8 Å². The molecule has 1 atom stereocenters. The molecule has 0 bridgehead atoms. The van der Waals surface area contributed by atoms with Crippen molar-refractivity contribution in [3.8, 4) is 5.75 Å². The Morgan fingerprint density at radius 2 is 2.16 bits per heavy atom. The molecule has 1 aliphatic heterocycles. The monoisotopic (exact) mass is 461 g/mol. The van der Waals surface area contributed by atoms with Crippen LogP contribution in [0, 0.1) is 12.8 Å². The largest absolute Gasteiger partial charge is 0.488 e. The van der Waals surface area contributed by atoms with Gasteiger partial charge in [0.15, 0.2) is 5.96 Å². The highest BCUT2D eigenvalue weighted by molar-refractivity contribution is 14.0. The van der Waals surface area contributed by atoms with Crippen LogP contribution in [0.5, 0.6) is 5.75 Å². The summed E-state index contributed by atoms with van der Waals surface area (Å²) in [6.45, 7) is 12.3. The van der Waals surface area contributed by atoms with E-state index < -0.39 is 0 Å². The van der Waals surface area contributed by atoms with Gasteiger partial charge in [-0.05, 0) is 31.4 Å². The minimum Gasteiger partial charge on any atom is -0.488 e. The molecule has 0 radical (unpaired) electrons. The third-order valence-corrected chi connectivity index (χ3v) is 3.83. The fourth-order valence-electron chi connectivity index (χ4n) is 2.49. The third-order valence-electron chi connectivity index (χ3n) is 3.83. The lowest BCUT2D eigenvalue weighted by molar-refractivity contribution is 0.140. The Kier molecular flexibility index (Phi) is 10.2. The number of aliphatic imine (C=N–C) groups is 1. The molecular formula is C19H32IN3O2. The van der Waals surface area contributed by atoms with Gasteiger partial charge in [0.1, 0.15) is 11.9 Å². The molecular weight excluding hydrogens is 429 g/mol. The second kappa shape index (κ2) is 11.6. The summed E-state index contributed by atoms with van der Waals surface area (Å²) in [4.78, 5) is 4.70. The van der Waals surface area contributed by atoms with Crippen molar-refractivity contribution < 1.29 is 9.47 Å². The molecule has 0 amide bonds. The molecule has 1 aliphatic rings. The van der Waals surface area contributed by atoms with Gasteiger partial charge in [0, 0.05) is 25.1 Å². The second-order valence-electron chi connectivity index (χ2n) is 6.68. The van der Waals surface area contributed by atoms with E-state index in [1.54, 1.807) is 0 Å². The lowest BCUT2D eigenvalue weighted by Gasteiger charge is -2.17. The first-order chi connectivity index (χ1) is 11.6. The minimum atomic E-state index is 0. The van der Waals surface area contributed by atoms with Crippen molar-refractivity contribution in [3.05, 3.63) is 29.3 Å². The van der Waals surface area contributed by atoms with E-state index in [0.717, 1.165) is 43.4 Å². The molecule has 5 nitrogen and oxygen atoms in total. The Labute approximate surface area is 169 Å². The summed E-state index contributed by atoms with van der Waals surface area (Å²) >= 11 is 0. The minimum absolute atomic E-state index is 0. The molecule has 2 rings (SSSR count). The SMILES string of the molecule is CCNC(=NCc1ccc(C)cc1OC1CCOC1)NCC(C)C.I. The number of halogens is 1. The first-order valence-electron chi connectivity index (χ1n) is 8.94. The van der Waals surface area contributed by atoms with Crippen molar-refractivity contribution >= 4 is 29.9 Å². The molecule has 0 spiro atoms. The van der Waals surface area contributed by atoms with Gasteiger partial charge in [-0.3, -0.25) is 0 Å². The Hall–Kier alpha value is -1.02. The maximum atomic E-state index is 6.14. The zero-order valence-electron chi connectivity index (χ0n) is 15.8. The summed E-state index contributed by atoms with van der Waals surface area (Å²) in [5.41, 5.74) is 2.30. The van der Waals surface area contributed by atoms with Gasteiger partial charge in [-0.1, -0.05) is 26.0 Å². The molecule has 1 saturated heterocycles. The van der Waals surface area contributed by atoms with E-state index in [1.165, 1.54) is 5.56 Å². The molecule has 1 aromatic rings. The van der Waals surface area contributed by atoms with Crippen molar-refractivity contribution in [2.45, 2.75) is 46.8 Å². The van der Waals surface area contributed by atoms with E-state index in [4.69, 9.17) is 14.5 Å². The highest BCUT2D eigenvalue weighted by Gasteiger charge is 2.18. The number of hydrogen-bond acceptors (Lipinski definition) is 3. The highest BCUT2D eigenvalue weighted by Crippen LogP contribution is 2.24. The number of aryl methyl sites for hydroxylation is 1. The van der Waals surface area contributed by atoms with Crippen LogP contribution in [0.2, 0.25) is 0 Å². The van der Waals surface area contributed by atoms with Crippen molar-refractivity contribution in [1.29, 1.82) is 0 Å². The second-order valence-corrected chi connectivity index (χ2v) is 6.68. The zero-order chi connectivity index (χ0) is 17.4. The smallest absolute Gasteiger partial charge is 0.191 e. The summed E-state index contributed by atoms with van der Waals surface area (Å²) in [6.07, 6.45) is 1.11. The third kappa shape index (κ3) is 7.81. The molecule has 2 N–H and O–H groups in total. The Morgan fingerprint density at radius 3 is 2.80 bits per heavy atom. The molecule has 1 heterocycles. The molecule has 0 aliphatic carbocycles. The van der Waals surface area contributed by atoms with Gasteiger partial charge >= 0.3 is 0 Å². The predicted octanol–water partition coefficient (Wildman–Crippen LogP) is 3.49. The molecule has 0 aromatic heterocycles. The highest BCUT2D eigenvalue weighted by atomic mass is 127. The van der Waals surface area contributed by atoms with Crippen LogP contribution >= 0.6 is 24.0 Å². The first kappa shape index (κ1) is 22.0. The van der Waals surface area contributed by atoms with Crippen LogP contribution in [0.25, 0.3) is 0 Å². The van der Waals surface area contributed by atoms with Gasteiger partial charge in [0.2, 0.25) is 0 Å². The van der Waals surface area contributed by atoms with E-state index in [0.29, 0.717) is 19.1 Å². The molecule has 1 fully saturated rings. The lowest BCUT2D eigenvalue weighted by atomic mass is 10.1. The van der Waals surface area contributed by atoms with Crippen molar-refractivity contribution in [1.82, 2.24) is 10.6 Å². The van der Waals surface area contributed by atoms with Crippen molar-refractivity contribution in [3.63, 3.8) is 0 Å². The van der Waals surface area contributed by atoms with Gasteiger partial charge in [-0.25, -0.2) is 4.99 Å². The van der Waals surface area contributed by atoms with E-state index in [-0.39, 0.29) is 30.1 Å². The van der Waals surface area contributed by atoms with Crippen molar-refractivity contribution in [2.75, 3.05) is 26.3 Å². The predicted molar refractivity (Wildman–Crippen MR) is 114 cm³/mol. The number of benzene rings is 1. The van der Waals surface area contributed by atoms with Crippen molar-refractivity contribution in [2.24, 2.45) is 10.9 Å². The first-order valence-corrected chi connectivity index (χ1v) is 8.94. The number of rotatable bonds is 7. The fourth-order valence-corrected chi connectivity index (χ4v) is 2.49. The number of nitrogens with one attached hydrogen (secondary N) is 2. The quantitative estimate of drug-likeness (QED) is 0.371. The molecule has 6 heteroatoms. The number of nitrogens with zero attached hydrogens (tertiary/aromatic N) is 1. The number of guanidine groups is 1. The molecule has 1 unspecified atom stereocenters. The van der Waals surface area contributed by atoms with Crippen LogP contribution in [-0.2, 0) is 11.3 Å². The van der Waals surface area contributed by atoms with Crippen LogP contribution in [0.3, 0.4) is 0 Å². The average molecular weight is 461 g/mol. The molecule has 25 heavy (non-hydrogen) atoms. The van der Waals surface area contributed by atoms with Crippen LogP contribution in [0.4, 0.5) is 0 Å². The fraction of sp³-hybridized carbons (Fsp3) is 0.632. The summed E-state index contributed by atoms with van der Waals surface area (Å²) in [7, 11) is 0. The summed E-state index contributed by atoms with van der Waals surface area (Å²) < 4.78 is 11.6. The van der Waals surface area contributed by atoms with E-state index in [2.05, 4.69) is 56.5 Å². The lowest BCUT2D eigenvalue weighted by Crippen LogP contribution is -2.39. The Balaban J connectivity index is 0.00000312. The Morgan fingerprint density at radius 1 is 1.36 bits per heavy atom. The molecule has 142 valence electrons. The maximum Gasteiger partial charge on any atom is 0.191 e. The van der Waals surface area contributed by atoms with Gasteiger partial charge in [-0.2, -0.15) is 0 Å². The van der Waals surface area contributed by atoms with E-state index in [9.17, 15) is 0 Å². The van der Waals surface area contributed by atoms with Crippen LogP contribution in [0.15, 0.2) is 23.2 Å². The summed E-state index contributed by atoms with van der Waals surface area (Å²) in [5, 5.41) is 6.66. The van der Waals surface area contributed by atoms with Gasteiger partial charge in [-0.15, -0.1) is 24.0 Å². The Bertz CT molecular complexity index is 543. The number of ether oxygens (including phenoxy) is 2. The van der Waals surface area contributed by atoms with E-state index >= 15 is 0 Å². The van der Waals surface area contributed by atoms with Crippen LogP contribution < -0.4 is 15.4 Å². The van der Waals surface area contributed by atoms with E-state index in [1.807, 2.05) is 0 Å². The average Bonchev–Trinajstić information content (AvgIpc) is 3.04. The molecule has 1 aromatic carbocycles. The summed E-state index contributed by atoms with van der Waals surface area (Å²) in [6, 6.07) is 6.31. The van der Waals surface area contributed by atoms with Gasteiger partial charge < -0.3 is 20.1 Å².